The first-order valence-corrected chi connectivity index (χ1v) is 11.0. The predicted octanol–water partition coefficient (Wildman–Crippen LogP) is 1.44. The van der Waals surface area contributed by atoms with Gasteiger partial charge in [0.05, 0.1) is 0 Å². The molecule has 0 aliphatic carbocycles. The summed E-state index contributed by atoms with van der Waals surface area (Å²) >= 11 is 1.02. The second-order valence-electron chi connectivity index (χ2n) is 7.00. The molecule has 1 aromatic heterocycles. The molecule has 0 saturated carbocycles. The molecule has 2 amide bonds. The standard InChI is InChI=1S/C23H24FN5O3S/c1-4-29-20(12-16(14-25)22(31)27-11-9-24)33-19(23(29)32)8-10-26-17-6-5-7-18(13-17)28-21(30)15(2)3/h5-7,10,13,15,26H,4,9,11H2,1-3H3,(H,27,31)(H,28,30). The van der Waals surface area contributed by atoms with E-state index in [-0.39, 0.29) is 38.7 Å². The van der Waals surface area contributed by atoms with Crippen LogP contribution in [0.2, 0.25) is 0 Å². The molecular weight excluding hydrogens is 445 g/mol. The van der Waals surface area contributed by atoms with Crippen molar-refractivity contribution >= 4 is 46.0 Å². The van der Waals surface area contributed by atoms with Gasteiger partial charge < -0.3 is 16.0 Å². The van der Waals surface area contributed by atoms with Crippen molar-refractivity contribution in [2.75, 3.05) is 23.9 Å². The van der Waals surface area contributed by atoms with E-state index >= 15 is 0 Å². The minimum Gasteiger partial charge on any atom is -0.355 e. The lowest BCUT2D eigenvalue weighted by atomic mass is 10.2. The molecule has 2 rings (SSSR count). The van der Waals surface area contributed by atoms with Crippen LogP contribution in [0.15, 0.2) is 40.8 Å². The zero-order valence-electron chi connectivity index (χ0n) is 18.5. The minimum absolute atomic E-state index is 0.0973. The number of aromatic nitrogens is 1. The molecule has 0 bridgehead atoms. The summed E-state index contributed by atoms with van der Waals surface area (Å²) in [6, 6.07) is 8.80. The van der Waals surface area contributed by atoms with Crippen LogP contribution in [0.5, 0.6) is 0 Å². The van der Waals surface area contributed by atoms with Gasteiger partial charge in [0.15, 0.2) is 5.57 Å². The fourth-order valence-corrected chi connectivity index (χ4v) is 3.52. The Kier molecular flexibility index (Phi) is 9.40. The Hall–Kier alpha value is -3.89. The number of benzene rings is 1. The molecule has 172 valence electrons. The molecular formula is C23H24FN5O3S. The molecule has 1 heterocycles. The van der Waals surface area contributed by atoms with Crippen molar-refractivity contribution in [1.82, 2.24) is 9.88 Å². The average Bonchev–Trinajstić information content (AvgIpc) is 3.09. The first-order chi connectivity index (χ1) is 15.8. The molecule has 8 nitrogen and oxygen atoms in total. The number of hydrogen-bond acceptors (Lipinski definition) is 6. The molecule has 10 heteroatoms. The Morgan fingerprint density at radius 3 is 2.67 bits per heavy atom. The third-order valence-corrected chi connectivity index (χ3v) is 5.26. The van der Waals surface area contributed by atoms with E-state index in [1.165, 1.54) is 10.8 Å². The van der Waals surface area contributed by atoms with Crippen LogP contribution < -0.4 is 30.7 Å². The molecule has 3 N–H and O–H groups in total. The smallest absolute Gasteiger partial charge is 0.277 e. The molecule has 0 atom stereocenters. The Balaban J connectivity index is 2.42. The summed E-state index contributed by atoms with van der Waals surface area (Å²) in [7, 11) is 0. The van der Waals surface area contributed by atoms with Gasteiger partial charge in [-0.3, -0.25) is 19.0 Å². The van der Waals surface area contributed by atoms with Crippen molar-refractivity contribution in [3.8, 4) is 6.07 Å². The highest BCUT2D eigenvalue weighted by Gasteiger charge is 2.09. The Labute approximate surface area is 194 Å². The SMILES string of the molecule is CCn1c(=C=C(C#N)C(=O)NCCF)sc(=C=CNc2cccc(NC(=O)C(C)C)c2)c1=O. The number of nitrogens with one attached hydrogen (secondary N) is 3. The summed E-state index contributed by atoms with van der Waals surface area (Å²) in [5, 5.41) is 17.3. The van der Waals surface area contributed by atoms with Crippen molar-refractivity contribution in [3.05, 3.63) is 55.6 Å². The summed E-state index contributed by atoms with van der Waals surface area (Å²) in [6.45, 7) is 4.68. The topological polar surface area (TPSA) is 116 Å². The van der Waals surface area contributed by atoms with E-state index < -0.39 is 12.6 Å². The molecule has 1 aromatic carbocycles. The van der Waals surface area contributed by atoms with E-state index in [2.05, 4.69) is 27.4 Å². The van der Waals surface area contributed by atoms with E-state index in [4.69, 9.17) is 0 Å². The molecule has 0 saturated heterocycles. The van der Waals surface area contributed by atoms with Crippen LogP contribution in [0.25, 0.3) is 11.5 Å². The number of alkyl halides is 1. The van der Waals surface area contributed by atoms with Crippen LogP contribution in [0, 0.1) is 17.2 Å². The number of rotatable bonds is 8. The van der Waals surface area contributed by atoms with Crippen molar-refractivity contribution in [3.63, 3.8) is 0 Å². The number of carbonyl (C=O) groups excluding carboxylic acids is 2. The number of nitriles is 1. The van der Waals surface area contributed by atoms with Crippen molar-refractivity contribution in [2.45, 2.75) is 27.3 Å². The predicted molar refractivity (Wildman–Crippen MR) is 127 cm³/mol. The zero-order valence-corrected chi connectivity index (χ0v) is 19.3. The zero-order chi connectivity index (χ0) is 24.4. The van der Waals surface area contributed by atoms with Crippen molar-refractivity contribution in [2.24, 2.45) is 5.92 Å². The lowest BCUT2D eigenvalue weighted by molar-refractivity contribution is -0.119. The molecule has 0 radical (unpaired) electrons. The maximum Gasteiger partial charge on any atom is 0.277 e. The third-order valence-electron chi connectivity index (χ3n) is 4.25. The van der Waals surface area contributed by atoms with Gasteiger partial charge in [0, 0.05) is 36.6 Å². The van der Waals surface area contributed by atoms with Gasteiger partial charge in [-0.2, -0.15) is 5.26 Å². The van der Waals surface area contributed by atoms with Crippen molar-refractivity contribution in [1.29, 1.82) is 5.26 Å². The average molecular weight is 470 g/mol. The lowest BCUT2D eigenvalue weighted by Gasteiger charge is -2.08. The number of hydrogen-bond donors (Lipinski definition) is 3. The highest BCUT2D eigenvalue weighted by molar-refractivity contribution is 7.07. The summed E-state index contributed by atoms with van der Waals surface area (Å²) in [5.74, 6) is -1.00. The number of anilines is 2. The van der Waals surface area contributed by atoms with Crippen LogP contribution >= 0.6 is 11.3 Å². The second-order valence-corrected chi connectivity index (χ2v) is 8.00. The first-order valence-electron chi connectivity index (χ1n) is 10.2. The fraction of sp³-hybridized carbons (Fsp3) is 0.304. The van der Waals surface area contributed by atoms with Gasteiger partial charge in [0.1, 0.15) is 21.9 Å². The van der Waals surface area contributed by atoms with Crippen LogP contribution in [0.1, 0.15) is 20.8 Å². The fourth-order valence-electron chi connectivity index (χ4n) is 2.53. The third kappa shape index (κ3) is 7.06. The van der Waals surface area contributed by atoms with Gasteiger partial charge in [0.25, 0.3) is 11.5 Å². The van der Waals surface area contributed by atoms with Crippen LogP contribution in [0.3, 0.4) is 0 Å². The molecule has 0 unspecified atom stereocenters. The second kappa shape index (κ2) is 12.2. The van der Waals surface area contributed by atoms with Gasteiger partial charge >= 0.3 is 0 Å². The summed E-state index contributed by atoms with van der Waals surface area (Å²) < 4.78 is 14.2. The highest BCUT2D eigenvalue weighted by Crippen LogP contribution is 2.15. The maximum absolute atomic E-state index is 12.6. The largest absolute Gasteiger partial charge is 0.355 e. The normalized spacial score (nSPS) is 9.94. The summed E-state index contributed by atoms with van der Waals surface area (Å²) in [5.41, 5.74) is 6.14. The van der Waals surface area contributed by atoms with Gasteiger partial charge in [0.2, 0.25) is 5.91 Å². The molecule has 0 spiro atoms. The quantitative estimate of drug-likeness (QED) is 0.400. The molecule has 33 heavy (non-hydrogen) atoms. The van der Waals surface area contributed by atoms with Gasteiger partial charge in [-0.25, -0.2) is 4.39 Å². The molecule has 0 aliphatic rings. The van der Waals surface area contributed by atoms with E-state index in [0.29, 0.717) is 17.9 Å². The lowest BCUT2D eigenvalue weighted by Crippen LogP contribution is -2.30. The Morgan fingerprint density at radius 1 is 1.30 bits per heavy atom. The van der Waals surface area contributed by atoms with E-state index in [0.717, 1.165) is 11.3 Å². The first kappa shape index (κ1) is 25.4. The highest BCUT2D eigenvalue weighted by atomic mass is 32.1. The van der Waals surface area contributed by atoms with Crippen LogP contribution in [-0.2, 0) is 16.1 Å². The molecule has 0 aliphatic heterocycles. The van der Waals surface area contributed by atoms with Crippen LogP contribution in [0.4, 0.5) is 15.8 Å². The van der Waals surface area contributed by atoms with E-state index in [1.54, 1.807) is 51.1 Å². The van der Waals surface area contributed by atoms with Gasteiger partial charge in [-0.15, -0.1) is 0 Å². The molecule has 0 fully saturated rings. The number of halogens is 1. The Bertz CT molecular complexity index is 1320. The maximum atomic E-state index is 12.6. The molecule has 2 aromatic rings. The number of carbonyl (C=O) groups is 2. The van der Waals surface area contributed by atoms with E-state index in [9.17, 15) is 24.0 Å². The van der Waals surface area contributed by atoms with Gasteiger partial charge in [-0.1, -0.05) is 42.7 Å². The van der Waals surface area contributed by atoms with Crippen LogP contribution in [-0.4, -0.2) is 29.6 Å². The van der Waals surface area contributed by atoms with E-state index in [1.807, 2.05) is 0 Å². The van der Waals surface area contributed by atoms with Crippen molar-refractivity contribution < 1.29 is 14.0 Å². The monoisotopic (exact) mass is 469 g/mol. The van der Waals surface area contributed by atoms with Gasteiger partial charge in [-0.05, 0) is 25.1 Å². The number of amides is 2. The number of thiazole rings is 1. The minimum atomic E-state index is -0.758. The Morgan fingerprint density at radius 2 is 2.03 bits per heavy atom. The number of nitrogens with zero attached hydrogens (tertiary/aromatic N) is 2. The summed E-state index contributed by atoms with van der Waals surface area (Å²) in [4.78, 5) is 36.5. The summed E-state index contributed by atoms with van der Waals surface area (Å²) in [6.07, 6.45) is 1.46.